The maximum atomic E-state index is 12.6. The molecule has 114 valence electrons. The van der Waals surface area contributed by atoms with Crippen LogP contribution in [0.5, 0.6) is 5.75 Å². The molecule has 1 heterocycles. The van der Waals surface area contributed by atoms with Crippen LogP contribution >= 0.6 is 46.1 Å². The van der Waals surface area contributed by atoms with Crippen LogP contribution in [-0.4, -0.2) is 20.0 Å². The quantitative estimate of drug-likeness (QED) is 0.758. The molecule has 0 aliphatic carbocycles. The SMILES string of the molecule is [2H]C([2H])(c1c(OCC)ccc(Cl)c1Cl)S(=O)(=O)c1ncc(Cl)s1. The Morgan fingerprint density at radius 3 is 2.67 bits per heavy atom. The molecule has 1 aromatic heterocycles. The Morgan fingerprint density at radius 1 is 1.38 bits per heavy atom. The number of benzene rings is 1. The topological polar surface area (TPSA) is 56.3 Å². The van der Waals surface area contributed by atoms with Crippen molar-refractivity contribution in [3.63, 3.8) is 0 Å². The van der Waals surface area contributed by atoms with Gasteiger partial charge in [0.15, 0.2) is 0 Å². The minimum atomic E-state index is -4.52. The molecule has 0 saturated carbocycles. The third kappa shape index (κ3) is 3.81. The highest BCUT2D eigenvalue weighted by molar-refractivity contribution is 7.92. The zero-order valence-electron chi connectivity index (χ0n) is 12.6. The van der Waals surface area contributed by atoms with E-state index in [1.54, 1.807) is 6.92 Å². The van der Waals surface area contributed by atoms with E-state index >= 15 is 0 Å². The van der Waals surface area contributed by atoms with E-state index in [9.17, 15) is 8.42 Å². The summed E-state index contributed by atoms with van der Waals surface area (Å²) in [5, 5.41) is -0.213. The molecule has 0 fully saturated rings. The first kappa shape index (κ1) is 14.1. The summed E-state index contributed by atoms with van der Waals surface area (Å²) in [6.45, 7) is 1.88. The highest BCUT2D eigenvalue weighted by atomic mass is 35.5. The Morgan fingerprint density at radius 2 is 2.10 bits per heavy atom. The lowest BCUT2D eigenvalue weighted by Gasteiger charge is -2.12. The van der Waals surface area contributed by atoms with E-state index in [0.29, 0.717) is 11.3 Å². The maximum absolute atomic E-state index is 12.6. The predicted molar refractivity (Wildman–Crippen MR) is 85.6 cm³/mol. The van der Waals surface area contributed by atoms with Gasteiger partial charge in [0.25, 0.3) is 0 Å². The number of rotatable bonds is 5. The highest BCUT2D eigenvalue weighted by Crippen LogP contribution is 2.36. The van der Waals surface area contributed by atoms with Gasteiger partial charge in [-0.05, 0) is 19.1 Å². The van der Waals surface area contributed by atoms with E-state index in [1.165, 1.54) is 12.1 Å². The van der Waals surface area contributed by atoms with Gasteiger partial charge in [0.05, 0.1) is 28.6 Å². The van der Waals surface area contributed by atoms with Crippen molar-refractivity contribution in [1.82, 2.24) is 4.98 Å². The van der Waals surface area contributed by atoms with Crippen LogP contribution in [0.15, 0.2) is 22.7 Å². The van der Waals surface area contributed by atoms with Crippen LogP contribution in [0.2, 0.25) is 14.4 Å². The van der Waals surface area contributed by atoms with E-state index in [0.717, 1.165) is 6.20 Å². The second-order valence-electron chi connectivity index (χ2n) is 3.70. The number of hydrogen-bond acceptors (Lipinski definition) is 5. The number of nitrogens with zero attached hydrogens (tertiary/aromatic N) is 1. The summed E-state index contributed by atoms with van der Waals surface area (Å²) < 4.78 is 46.6. The number of ether oxygens (including phenoxy) is 1. The Labute approximate surface area is 144 Å². The summed E-state index contributed by atoms with van der Waals surface area (Å²) in [6, 6.07) is 2.77. The molecular formula is C12H10Cl3NO3S2. The zero-order chi connectivity index (χ0) is 17.4. The Bertz CT molecular complexity index is 840. The number of aromatic nitrogens is 1. The molecule has 0 bridgehead atoms. The molecule has 0 atom stereocenters. The fourth-order valence-corrected chi connectivity index (χ4v) is 4.23. The largest absolute Gasteiger partial charge is 0.494 e. The predicted octanol–water partition coefficient (Wildman–Crippen LogP) is 4.48. The van der Waals surface area contributed by atoms with E-state index in [4.69, 9.17) is 42.3 Å². The van der Waals surface area contributed by atoms with Crippen LogP contribution in [0.3, 0.4) is 0 Å². The fourth-order valence-electron chi connectivity index (χ4n) is 1.45. The van der Waals surface area contributed by atoms with Crippen molar-refractivity contribution in [2.75, 3.05) is 6.61 Å². The molecule has 2 rings (SSSR count). The minimum absolute atomic E-state index is 0.00173. The normalized spacial score (nSPS) is 13.7. The van der Waals surface area contributed by atoms with E-state index < -0.39 is 19.9 Å². The van der Waals surface area contributed by atoms with Crippen molar-refractivity contribution in [2.24, 2.45) is 0 Å². The average molecular weight is 389 g/mol. The lowest BCUT2D eigenvalue weighted by atomic mass is 10.2. The molecule has 1 aromatic carbocycles. The molecule has 9 heteroatoms. The molecule has 0 aliphatic rings. The maximum Gasteiger partial charge on any atom is 0.210 e. The molecule has 0 amide bonds. The minimum Gasteiger partial charge on any atom is -0.494 e. The molecule has 0 N–H and O–H groups in total. The van der Waals surface area contributed by atoms with Crippen molar-refractivity contribution in [3.05, 3.63) is 38.3 Å². The molecule has 0 saturated heterocycles. The van der Waals surface area contributed by atoms with Crippen LogP contribution in [0.1, 0.15) is 15.2 Å². The summed E-state index contributed by atoms with van der Waals surface area (Å²) in [4.78, 5) is 3.65. The van der Waals surface area contributed by atoms with Gasteiger partial charge in [0, 0.05) is 8.30 Å². The van der Waals surface area contributed by atoms with E-state index in [2.05, 4.69) is 4.98 Å². The van der Waals surface area contributed by atoms with Crippen molar-refractivity contribution in [2.45, 2.75) is 17.0 Å². The molecular weight excluding hydrogens is 377 g/mol. The number of halogens is 3. The monoisotopic (exact) mass is 387 g/mol. The lowest BCUT2D eigenvalue weighted by molar-refractivity contribution is 0.337. The first-order valence-corrected chi connectivity index (χ1v) is 9.03. The number of sulfone groups is 1. The van der Waals surface area contributed by atoms with Gasteiger partial charge in [-0.3, -0.25) is 0 Å². The molecule has 0 aliphatic heterocycles. The fraction of sp³-hybridized carbons (Fsp3) is 0.250. The van der Waals surface area contributed by atoms with Crippen molar-refractivity contribution in [1.29, 1.82) is 0 Å². The van der Waals surface area contributed by atoms with Gasteiger partial charge in [-0.2, -0.15) is 0 Å². The summed E-state index contributed by atoms with van der Waals surface area (Å²) >= 11 is 18.3. The van der Waals surface area contributed by atoms with Gasteiger partial charge < -0.3 is 4.74 Å². The average Bonchev–Trinajstić information content (AvgIpc) is 2.90. The van der Waals surface area contributed by atoms with Gasteiger partial charge in [0.1, 0.15) is 10.1 Å². The standard InChI is InChI=1S/C12H10Cl3NO3S2/c1-2-19-9-4-3-8(13)11(15)7(9)6-21(17,18)12-16-5-10(14)20-12/h3-5H,2,6H2,1H3/i6D2. The van der Waals surface area contributed by atoms with Crippen LogP contribution in [0.4, 0.5) is 0 Å². The second kappa shape index (κ2) is 6.71. The molecule has 0 unspecified atom stereocenters. The van der Waals surface area contributed by atoms with Gasteiger partial charge in [-0.25, -0.2) is 13.4 Å². The number of hydrogen-bond donors (Lipinski definition) is 0. The highest BCUT2D eigenvalue weighted by Gasteiger charge is 2.24. The lowest BCUT2D eigenvalue weighted by Crippen LogP contribution is -2.07. The molecule has 4 nitrogen and oxygen atoms in total. The van der Waals surface area contributed by atoms with Gasteiger partial charge >= 0.3 is 0 Å². The van der Waals surface area contributed by atoms with Crippen molar-refractivity contribution in [3.8, 4) is 5.75 Å². The zero-order valence-corrected chi connectivity index (χ0v) is 14.5. The summed E-state index contributed by atoms with van der Waals surface area (Å²) in [5.41, 5.74) is -3.26. The Balaban J connectivity index is 2.70. The third-order valence-corrected chi connectivity index (χ3v) is 5.94. The summed E-state index contributed by atoms with van der Waals surface area (Å²) in [5.74, 6) is -0.00173. The molecule has 2 aromatic rings. The van der Waals surface area contributed by atoms with Crippen LogP contribution in [-0.2, 0) is 15.5 Å². The Hall–Kier alpha value is -0.530. The first-order valence-electron chi connectivity index (χ1n) is 6.60. The van der Waals surface area contributed by atoms with Crippen LogP contribution in [0.25, 0.3) is 0 Å². The van der Waals surface area contributed by atoms with E-state index in [1.807, 2.05) is 0 Å². The van der Waals surface area contributed by atoms with Crippen LogP contribution in [0, 0.1) is 0 Å². The van der Waals surface area contributed by atoms with Crippen molar-refractivity contribution >= 4 is 56.0 Å². The van der Waals surface area contributed by atoms with Crippen molar-refractivity contribution < 1.29 is 15.9 Å². The van der Waals surface area contributed by atoms with Gasteiger partial charge in [-0.15, -0.1) is 0 Å². The van der Waals surface area contributed by atoms with Crippen LogP contribution < -0.4 is 4.74 Å². The Kier molecular flexibility index (Phi) is 4.50. The summed E-state index contributed by atoms with van der Waals surface area (Å²) in [6.07, 6.45) is 1.14. The number of thiazole rings is 1. The summed E-state index contributed by atoms with van der Waals surface area (Å²) in [7, 11) is -4.52. The van der Waals surface area contributed by atoms with Gasteiger partial charge in [-0.1, -0.05) is 46.1 Å². The second-order valence-corrected chi connectivity index (χ2v) is 8.01. The third-order valence-electron chi connectivity index (χ3n) is 2.28. The smallest absolute Gasteiger partial charge is 0.210 e. The molecule has 0 radical (unpaired) electrons. The molecule has 0 spiro atoms. The molecule has 21 heavy (non-hydrogen) atoms. The van der Waals surface area contributed by atoms with E-state index in [-0.39, 0.29) is 32.3 Å². The first-order chi connectivity index (χ1) is 10.6. The van der Waals surface area contributed by atoms with Gasteiger partial charge in [0.2, 0.25) is 14.2 Å².